The highest BCUT2D eigenvalue weighted by molar-refractivity contribution is 5.83. The number of carboxylic acids is 1. The van der Waals surface area contributed by atoms with Gasteiger partial charge < -0.3 is 19.9 Å². The van der Waals surface area contributed by atoms with E-state index in [0.717, 1.165) is 18.7 Å². The lowest BCUT2D eigenvalue weighted by Crippen LogP contribution is -2.47. The normalized spacial score (nSPS) is 15.1. The van der Waals surface area contributed by atoms with E-state index >= 15 is 0 Å². The highest BCUT2D eigenvalue weighted by atomic mass is 19.4. The molecule has 0 spiro atoms. The number of ether oxygens (including phenoxy) is 2. The van der Waals surface area contributed by atoms with Gasteiger partial charge in [-0.1, -0.05) is 0 Å². The second-order valence-corrected chi connectivity index (χ2v) is 6.95. The number of nitrogens with zero attached hydrogens (tertiary/aromatic N) is 3. The third kappa shape index (κ3) is 6.60. The zero-order valence-corrected chi connectivity index (χ0v) is 18.2. The number of carbonyl (C=O) groups excluding carboxylic acids is 1. The van der Waals surface area contributed by atoms with Crippen LogP contribution >= 0.6 is 0 Å². The average molecular weight is 470 g/mol. The first kappa shape index (κ1) is 26.0. The minimum absolute atomic E-state index is 0.222. The second kappa shape index (κ2) is 11.5. The van der Waals surface area contributed by atoms with Crippen LogP contribution in [0.3, 0.4) is 0 Å². The molecule has 1 aliphatic rings. The maximum Gasteiger partial charge on any atom is 0.490 e. The molecule has 2 aromatic heterocycles. The van der Waals surface area contributed by atoms with Crippen molar-refractivity contribution in [2.75, 3.05) is 26.3 Å². The van der Waals surface area contributed by atoms with Crippen molar-refractivity contribution in [1.82, 2.24) is 20.5 Å². The largest absolute Gasteiger partial charge is 0.490 e. The van der Waals surface area contributed by atoms with Crippen molar-refractivity contribution < 1.29 is 37.3 Å². The van der Waals surface area contributed by atoms with E-state index in [2.05, 4.69) is 20.5 Å². The van der Waals surface area contributed by atoms with Crippen molar-refractivity contribution >= 4 is 11.9 Å². The smallest absolute Gasteiger partial charge is 0.477 e. The van der Waals surface area contributed by atoms with Gasteiger partial charge in [-0.3, -0.25) is 4.79 Å². The Hall–Kier alpha value is -3.28. The van der Waals surface area contributed by atoms with E-state index in [1.807, 2.05) is 38.1 Å². The fraction of sp³-hybridized carbons (Fsp3) is 0.476. The molecule has 0 amide bonds. The molecule has 33 heavy (non-hydrogen) atoms. The monoisotopic (exact) mass is 470 g/mol. The summed E-state index contributed by atoms with van der Waals surface area (Å²) in [5.41, 5.74) is 1.37. The van der Waals surface area contributed by atoms with E-state index in [-0.39, 0.29) is 5.97 Å². The van der Waals surface area contributed by atoms with E-state index in [4.69, 9.17) is 19.4 Å². The maximum absolute atomic E-state index is 12.7. The van der Waals surface area contributed by atoms with Crippen molar-refractivity contribution in [3.63, 3.8) is 0 Å². The quantitative estimate of drug-likeness (QED) is 0.614. The number of aromatic nitrogens is 3. The highest BCUT2D eigenvalue weighted by Crippen LogP contribution is 2.34. The van der Waals surface area contributed by atoms with Crippen LogP contribution in [-0.4, -0.2) is 64.7 Å². The number of pyridine rings is 1. The summed E-state index contributed by atoms with van der Waals surface area (Å²) in [6.07, 6.45) is -2.10. The van der Waals surface area contributed by atoms with Gasteiger partial charge in [0.25, 0.3) is 0 Å². The molecule has 1 aliphatic heterocycles. The van der Waals surface area contributed by atoms with E-state index in [9.17, 15) is 18.0 Å². The lowest BCUT2D eigenvalue weighted by atomic mass is 9.76. The first-order valence-electron chi connectivity index (χ1n) is 10.3. The molecule has 0 aromatic carbocycles. The molecule has 3 heterocycles. The van der Waals surface area contributed by atoms with Gasteiger partial charge in [-0.15, -0.1) is 0 Å². The predicted molar refractivity (Wildman–Crippen MR) is 111 cm³/mol. The summed E-state index contributed by atoms with van der Waals surface area (Å²) >= 11 is 0. The van der Waals surface area contributed by atoms with Crippen LogP contribution in [0.4, 0.5) is 13.2 Å². The molecule has 0 bridgehead atoms. The number of hydrogen-bond donors (Lipinski definition) is 2. The molecular formula is C21H25F3N4O5. The summed E-state index contributed by atoms with van der Waals surface area (Å²) in [5.74, 6) is -2.45. The fourth-order valence-electron chi connectivity index (χ4n) is 3.26. The Morgan fingerprint density at radius 3 is 2.30 bits per heavy atom. The van der Waals surface area contributed by atoms with Crippen LogP contribution in [0.15, 0.2) is 30.5 Å². The molecule has 2 aromatic rings. The van der Waals surface area contributed by atoms with Crippen molar-refractivity contribution in [1.29, 1.82) is 0 Å². The third-order valence-electron chi connectivity index (χ3n) is 4.85. The SMILES string of the molecule is CCOC(=O)C1(c2ccc(-c3cccnc3OCC)nn2)CCNCC1.O=C(O)C(F)(F)F. The van der Waals surface area contributed by atoms with Crippen LogP contribution in [0, 0.1) is 0 Å². The number of piperidine rings is 1. The molecule has 1 saturated heterocycles. The van der Waals surface area contributed by atoms with E-state index < -0.39 is 17.6 Å². The van der Waals surface area contributed by atoms with Crippen molar-refractivity contribution in [2.24, 2.45) is 0 Å². The maximum atomic E-state index is 12.7. The number of rotatable bonds is 6. The van der Waals surface area contributed by atoms with Crippen molar-refractivity contribution in [3.05, 3.63) is 36.2 Å². The van der Waals surface area contributed by atoms with Crippen LogP contribution in [0.25, 0.3) is 11.3 Å². The van der Waals surface area contributed by atoms with Crippen LogP contribution in [0.2, 0.25) is 0 Å². The summed E-state index contributed by atoms with van der Waals surface area (Å²) in [7, 11) is 0. The van der Waals surface area contributed by atoms with Gasteiger partial charge in [0.15, 0.2) is 0 Å². The highest BCUT2D eigenvalue weighted by Gasteiger charge is 2.44. The Bertz CT molecular complexity index is 932. The first-order valence-corrected chi connectivity index (χ1v) is 10.3. The minimum Gasteiger partial charge on any atom is -0.477 e. The molecule has 0 aliphatic carbocycles. The number of aliphatic carboxylic acids is 1. The molecule has 0 unspecified atom stereocenters. The van der Waals surface area contributed by atoms with Crippen molar-refractivity contribution in [3.8, 4) is 17.1 Å². The number of esters is 1. The van der Waals surface area contributed by atoms with Crippen molar-refractivity contribution in [2.45, 2.75) is 38.3 Å². The molecule has 9 nitrogen and oxygen atoms in total. The van der Waals surface area contributed by atoms with Gasteiger partial charge in [-0.2, -0.15) is 23.4 Å². The Labute approximate surface area is 188 Å². The second-order valence-electron chi connectivity index (χ2n) is 6.95. The van der Waals surface area contributed by atoms with E-state index in [1.165, 1.54) is 0 Å². The average Bonchev–Trinajstić information content (AvgIpc) is 2.80. The minimum atomic E-state index is -5.08. The number of hydrogen-bond acceptors (Lipinski definition) is 8. The zero-order chi connectivity index (χ0) is 24.5. The predicted octanol–water partition coefficient (Wildman–Crippen LogP) is 2.75. The van der Waals surface area contributed by atoms with E-state index in [0.29, 0.717) is 43.3 Å². The number of carbonyl (C=O) groups is 2. The van der Waals surface area contributed by atoms with Crippen LogP contribution in [0.1, 0.15) is 32.4 Å². The Balaban J connectivity index is 0.000000479. The van der Waals surface area contributed by atoms with Gasteiger partial charge in [-0.05, 0) is 64.0 Å². The van der Waals surface area contributed by atoms with Crippen LogP contribution in [0.5, 0.6) is 5.88 Å². The van der Waals surface area contributed by atoms with Gasteiger partial charge in [-0.25, -0.2) is 9.78 Å². The fourth-order valence-corrected chi connectivity index (χ4v) is 3.26. The molecule has 180 valence electrons. The molecule has 12 heteroatoms. The summed E-state index contributed by atoms with van der Waals surface area (Å²) in [6.45, 7) is 6.10. The Kier molecular flexibility index (Phi) is 9.09. The lowest BCUT2D eigenvalue weighted by molar-refractivity contribution is -0.192. The summed E-state index contributed by atoms with van der Waals surface area (Å²) in [4.78, 5) is 25.8. The van der Waals surface area contributed by atoms with Gasteiger partial charge >= 0.3 is 18.1 Å². The molecular weight excluding hydrogens is 445 g/mol. The molecule has 0 atom stereocenters. The summed E-state index contributed by atoms with van der Waals surface area (Å²) < 4.78 is 42.6. The zero-order valence-electron chi connectivity index (χ0n) is 18.2. The molecule has 1 fully saturated rings. The Morgan fingerprint density at radius 1 is 1.12 bits per heavy atom. The van der Waals surface area contributed by atoms with Gasteiger partial charge in [0, 0.05) is 6.20 Å². The summed E-state index contributed by atoms with van der Waals surface area (Å²) in [6, 6.07) is 7.46. The number of alkyl halides is 3. The molecule has 3 rings (SSSR count). The molecule has 0 saturated carbocycles. The number of halogens is 3. The summed E-state index contributed by atoms with van der Waals surface area (Å²) in [5, 5.41) is 19.2. The van der Waals surface area contributed by atoms with Crippen LogP contribution < -0.4 is 10.1 Å². The lowest BCUT2D eigenvalue weighted by Gasteiger charge is -2.34. The number of nitrogens with one attached hydrogen (secondary N) is 1. The first-order chi connectivity index (χ1) is 15.7. The standard InChI is InChI=1S/C19H24N4O3.C2HF3O2/c1-3-25-17-14(6-5-11-21-17)15-7-8-16(23-22-15)19(18(24)26-4-2)9-12-20-13-10-19;3-2(4,5)1(6)7/h5-8,11,20H,3-4,9-10,12-13H2,1-2H3;(H,6,7). The van der Waals surface area contributed by atoms with Gasteiger partial charge in [0.05, 0.1) is 30.2 Å². The molecule has 2 N–H and O–H groups in total. The number of carboxylic acid groups (broad SMARTS) is 1. The van der Waals surface area contributed by atoms with E-state index in [1.54, 1.807) is 6.20 Å². The van der Waals surface area contributed by atoms with Gasteiger partial charge in [0.1, 0.15) is 5.41 Å². The van der Waals surface area contributed by atoms with Crippen LogP contribution in [-0.2, 0) is 19.7 Å². The third-order valence-corrected chi connectivity index (χ3v) is 4.85. The molecule has 0 radical (unpaired) electrons. The van der Waals surface area contributed by atoms with Gasteiger partial charge in [0.2, 0.25) is 5.88 Å². The Morgan fingerprint density at radius 2 is 1.79 bits per heavy atom. The topological polar surface area (TPSA) is 124 Å².